The second-order valence-corrected chi connectivity index (χ2v) is 9.40. The molecule has 0 bridgehead atoms. The highest BCUT2D eigenvalue weighted by Crippen LogP contribution is 2.35. The topological polar surface area (TPSA) is 97.8 Å². The molecular formula is C25H27ClFN5O4. The first kappa shape index (κ1) is 24.3. The van der Waals surface area contributed by atoms with Gasteiger partial charge >= 0.3 is 6.09 Å². The highest BCUT2D eigenvalue weighted by atomic mass is 35.5. The number of carbonyl (C=O) groups is 1. The van der Waals surface area contributed by atoms with Crippen LogP contribution in [-0.4, -0.2) is 66.5 Å². The van der Waals surface area contributed by atoms with Gasteiger partial charge in [-0.05, 0) is 30.7 Å². The lowest BCUT2D eigenvalue weighted by Crippen LogP contribution is -2.46. The summed E-state index contributed by atoms with van der Waals surface area (Å²) in [5.74, 6) is 1.09. The summed E-state index contributed by atoms with van der Waals surface area (Å²) in [6.45, 7) is 3.70. The van der Waals surface area contributed by atoms with E-state index in [1.807, 2.05) is 0 Å². The normalized spacial score (nSPS) is 17.1. The van der Waals surface area contributed by atoms with Crippen molar-refractivity contribution in [3.05, 3.63) is 47.5 Å². The van der Waals surface area contributed by atoms with Gasteiger partial charge in [0.2, 0.25) is 0 Å². The van der Waals surface area contributed by atoms with Gasteiger partial charge in [0.15, 0.2) is 11.5 Å². The van der Waals surface area contributed by atoms with E-state index in [9.17, 15) is 9.18 Å². The van der Waals surface area contributed by atoms with Gasteiger partial charge in [0, 0.05) is 49.0 Å². The Labute approximate surface area is 212 Å². The van der Waals surface area contributed by atoms with Crippen molar-refractivity contribution < 1.29 is 23.4 Å². The molecule has 2 N–H and O–H groups in total. The van der Waals surface area contributed by atoms with Crippen LogP contribution in [0.2, 0.25) is 5.02 Å². The number of rotatable bonds is 8. The van der Waals surface area contributed by atoms with Gasteiger partial charge in [0.25, 0.3) is 0 Å². The molecule has 1 aromatic heterocycles. The van der Waals surface area contributed by atoms with Gasteiger partial charge in [-0.3, -0.25) is 0 Å². The summed E-state index contributed by atoms with van der Waals surface area (Å²) in [5, 5.41) is 6.84. The van der Waals surface area contributed by atoms with E-state index in [0.29, 0.717) is 46.4 Å². The van der Waals surface area contributed by atoms with Crippen LogP contribution in [0.4, 0.5) is 20.7 Å². The maximum atomic E-state index is 14.3. The van der Waals surface area contributed by atoms with E-state index in [1.165, 1.54) is 24.5 Å². The summed E-state index contributed by atoms with van der Waals surface area (Å²) in [6, 6.07) is 7.85. The maximum Gasteiger partial charge on any atom is 0.407 e. The minimum absolute atomic E-state index is 0.215. The largest absolute Gasteiger partial charge is 0.493 e. The average Bonchev–Trinajstić information content (AvgIpc) is 3.24. The predicted molar refractivity (Wildman–Crippen MR) is 134 cm³/mol. The molecule has 0 saturated carbocycles. The summed E-state index contributed by atoms with van der Waals surface area (Å²) < 4.78 is 31.3. The molecule has 2 aromatic carbocycles. The quantitative estimate of drug-likeness (QED) is 0.423. The Kier molecular flexibility index (Phi) is 6.97. The number of hydrogen-bond acceptors (Lipinski definition) is 8. The molecule has 1 spiro atoms. The number of aromatic nitrogens is 2. The number of nitrogens with one attached hydrogen (secondary N) is 2. The second kappa shape index (κ2) is 10.3. The summed E-state index contributed by atoms with van der Waals surface area (Å²) >= 11 is 6.03. The molecule has 0 aliphatic carbocycles. The van der Waals surface area contributed by atoms with Crippen molar-refractivity contribution in [2.75, 3.05) is 45.2 Å². The molecule has 190 valence electrons. The third kappa shape index (κ3) is 5.24. The molecule has 0 unspecified atom stereocenters. The van der Waals surface area contributed by atoms with E-state index in [-0.39, 0.29) is 17.4 Å². The zero-order valence-electron chi connectivity index (χ0n) is 19.9. The van der Waals surface area contributed by atoms with E-state index in [1.54, 1.807) is 19.2 Å². The van der Waals surface area contributed by atoms with Crippen molar-refractivity contribution in [1.82, 2.24) is 20.2 Å². The standard InChI is InChI=1S/C25H27ClFN5O4/c1-34-21-13-19-17(23(30-15-29-19)31-20-11-16(26)3-4-18(20)27)12-22(21)35-10-2-7-32-8-5-25(6-9-32)14-28-24(33)36-25/h3-4,11-13,15H,2,5-10,14H2,1H3,(H,28,33)(H,29,30,31). The number of anilines is 2. The minimum atomic E-state index is -0.442. The minimum Gasteiger partial charge on any atom is -0.493 e. The number of carbonyl (C=O) groups excluding carboxylic acids is 1. The van der Waals surface area contributed by atoms with Gasteiger partial charge in [-0.25, -0.2) is 19.2 Å². The average molecular weight is 516 g/mol. The van der Waals surface area contributed by atoms with Crippen LogP contribution in [0, 0.1) is 5.82 Å². The highest BCUT2D eigenvalue weighted by molar-refractivity contribution is 6.30. The lowest BCUT2D eigenvalue weighted by atomic mass is 9.91. The van der Waals surface area contributed by atoms with Crippen LogP contribution in [0.25, 0.3) is 10.9 Å². The first-order valence-electron chi connectivity index (χ1n) is 11.8. The van der Waals surface area contributed by atoms with Gasteiger partial charge in [0.05, 0.1) is 31.5 Å². The Morgan fingerprint density at radius 3 is 2.81 bits per heavy atom. The van der Waals surface area contributed by atoms with Crippen LogP contribution in [0.3, 0.4) is 0 Å². The molecule has 0 radical (unpaired) electrons. The molecule has 2 saturated heterocycles. The Balaban J connectivity index is 1.23. The lowest BCUT2D eigenvalue weighted by Gasteiger charge is -2.37. The van der Waals surface area contributed by atoms with E-state index in [2.05, 4.69) is 25.5 Å². The van der Waals surface area contributed by atoms with Crippen LogP contribution in [0.1, 0.15) is 19.3 Å². The summed E-state index contributed by atoms with van der Waals surface area (Å²) in [5.41, 5.74) is 0.500. The Morgan fingerprint density at radius 2 is 2.06 bits per heavy atom. The number of halogens is 2. The van der Waals surface area contributed by atoms with Crippen molar-refractivity contribution in [3.63, 3.8) is 0 Å². The van der Waals surface area contributed by atoms with Crippen LogP contribution < -0.4 is 20.1 Å². The fourth-order valence-corrected chi connectivity index (χ4v) is 4.76. The number of hydrogen-bond donors (Lipinski definition) is 2. The molecule has 0 atom stereocenters. The summed E-state index contributed by atoms with van der Waals surface area (Å²) in [4.78, 5) is 22.4. The molecule has 9 nitrogen and oxygen atoms in total. The number of methoxy groups -OCH3 is 1. The van der Waals surface area contributed by atoms with Crippen LogP contribution >= 0.6 is 11.6 Å². The molecule has 11 heteroatoms. The number of nitrogens with zero attached hydrogens (tertiary/aromatic N) is 3. The van der Waals surface area contributed by atoms with Crippen molar-refractivity contribution in [3.8, 4) is 11.5 Å². The molecule has 36 heavy (non-hydrogen) atoms. The molecule has 2 fully saturated rings. The van der Waals surface area contributed by atoms with E-state index >= 15 is 0 Å². The SMILES string of the molecule is COc1cc2ncnc(Nc3cc(Cl)ccc3F)c2cc1OCCCN1CCC2(CC1)CNC(=O)O2. The molecule has 2 aliphatic heterocycles. The molecule has 3 aromatic rings. The second-order valence-electron chi connectivity index (χ2n) is 8.96. The summed E-state index contributed by atoms with van der Waals surface area (Å²) in [6.07, 6.45) is 3.55. The molecule has 3 heterocycles. The van der Waals surface area contributed by atoms with Gasteiger partial charge in [-0.2, -0.15) is 0 Å². The Morgan fingerprint density at radius 1 is 1.22 bits per heavy atom. The fourth-order valence-electron chi connectivity index (χ4n) is 4.59. The predicted octanol–water partition coefficient (Wildman–Crippen LogP) is 4.52. The monoisotopic (exact) mass is 515 g/mol. The zero-order valence-corrected chi connectivity index (χ0v) is 20.6. The molecule has 2 aliphatic rings. The Bertz CT molecular complexity index is 1270. The van der Waals surface area contributed by atoms with Gasteiger partial charge in [-0.15, -0.1) is 0 Å². The van der Waals surface area contributed by atoms with Crippen molar-refractivity contribution >= 4 is 40.1 Å². The number of fused-ring (bicyclic) bond motifs is 1. The third-order valence-corrected chi connectivity index (χ3v) is 6.84. The first-order chi connectivity index (χ1) is 17.4. The smallest absolute Gasteiger partial charge is 0.407 e. The Hall–Kier alpha value is -3.37. The van der Waals surface area contributed by atoms with E-state index in [4.69, 9.17) is 25.8 Å². The number of benzene rings is 2. The van der Waals surface area contributed by atoms with Crippen LogP contribution in [-0.2, 0) is 4.74 Å². The number of piperidine rings is 1. The number of likely N-dealkylation sites (tertiary alicyclic amines) is 1. The molecule has 1 amide bonds. The first-order valence-corrected chi connectivity index (χ1v) is 12.2. The van der Waals surface area contributed by atoms with Crippen LogP contribution in [0.5, 0.6) is 11.5 Å². The maximum absolute atomic E-state index is 14.3. The number of amides is 1. The molecular weight excluding hydrogens is 489 g/mol. The molecule has 5 rings (SSSR count). The van der Waals surface area contributed by atoms with Crippen LogP contribution in [0.15, 0.2) is 36.7 Å². The summed E-state index contributed by atoms with van der Waals surface area (Å²) in [7, 11) is 1.57. The zero-order chi connectivity index (χ0) is 25.1. The van der Waals surface area contributed by atoms with Gasteiger partial charge in [-0.1, -0.05) is 11.6 Å². The van der Waals surface area contributed by atoms with Gasteiger partial charge < -0.3 is 29.7 Å². The van der Waals surface area contributed by atoms with E-state index < -0.39 is 5.82 Å². The fraction of sp³-hybridized carbons (Fsp3) is 0.400. The number of ether oxygens (including phenoxy) is 3. The highest BCUT2D eigenvalue weighted by Gasteiger charge is 2.42. The van der Waals surface area contributed by atoms with Gasteiger partial charge in [0.1, 0.15) is 23.6 Å². The lowest BCUT2D eigenvalue weighted by molar-refractivity contribution is 0.000130. The third-order valence-electron chi connectivity index (χ3n) is 6.61. The van der Waals surface area contributed by atoms with Crippen molar-refractivity contribution in [1.29, 1.82) is 0 Å². The van der Waals surface area contributed by atoms with E-state index in [0.717, 1.165) is 38.9 Å². The van der Waals surface area contributed by atoms with Crippen molar-refractivity contribution in [2.24, 2.45) is 0 Å². The number of alkyl carbamates (subject to hydrolysis) is 1. The van der Waals surface area contributed by atoms with Crippen molar-refractivity contribution in [2.45, 2.75) is 24.9 Å².